The summed E-state index contributed by atoms with van der Waals surface area (Å²) in [5.41, 5.74) is 8.01. The average molecular weight is 474 g/mol. The van der Waals surface area contributed by atoms with Gasteiger partial charge in [-0.15, -0.1) is 0 Å². The van der Waals surface area contributed by atoms with Crippen molar-refractivity contribution in [3.63, 3.8) is 0 Å². The van der Waals surface area contributed by atoms with Crippen molar-refractivity contribution in [1.29, 1.82) is 0 Å². The molecular weight excluding hydrogens is 442 g/mol. The number of aromatic nitrogens is 1. The van der Waals surface area contributed by atoms with Gasteiger partial charge < -0.3 is 21.1 Å². The first kappa shape index (κ1) is 23.5. The Morgan fingerprint density at radius 1 is 1.15 bits per heavy atom. The molecule has 33 heavy (non-hydrogen) atoms. The Bertz CT molecular complexity index is 1080. The zero-order valence-corrected chi connectivity index (χ0v) is 19.6. The molecule has 0 radical (unpaired) electrons. The molecule has 1 aromatic heterocycles. The lowest BCUT2D eigenvalue weighted by atomic mass is 9.92. The van der Waals surface area contributed by atoms with Crippen LogP contribution in [0.25, 0.3) is 0 Å². The number of carbonyl (C=O) groups is 1. The molecule has 3 heterocycles. The van der Waals surface area contributed by atoms with E-state index in [1.165, 1.54) is 16.1 Å². The molecule has 4 N–H and O–H groups in total. The van der Waals surface area contributed by atoms with Crippen LogP contribution in [0.2, 0.25) is 0 Å². The number of benzene rings is 1. The number of sulfonamides is 1. The van der Waals surface area contributed by atoms with Gasteiger partial charge in [0, 0.05) is 37.2 Å². The number of anilines is 3. The number of hydrogen-bond acceptors (Lipinski definition) is 7. The SMILES string of the molecule is CS(=O)(=O)N(c1cc(Nc2ccc(C3CCOCC3)cc2)ncc1C(N)=O)C1CCNCC1. The molecule has 0 bridgehead atoms. The normalized spacial score (nSPS) is 18.1. The topological polar surface area (TPSA) is 127 Å². The van der Waals surface area contributed by atoms with Crippen molar-refractivity contribution in [3.8, 4) is 0 Å². The number of ether oxygens (including phenoxy) is 1. The molecule has 178 valence electrons. The van der Waals surface area contributed by atoms with Crippen molar-refractivity contribution in [1.82, 2.24) is 10.3 Å². The van der Waals surface area contributed by atoms with Crippen LogP contribution >= 0.6 is 0 Å². The average Bonchev–Trinajstić information content (AvgIpc) is 2.80. The van der Waals surface area contributed by atoms with E-state index in [0.717, 1.165) is 38.0 Å². The minimum atomic E-state index is -3.65. The Labute approximate surface area is 194 Å². The van der Waals surface area contributed by atoms with Crippen LogP contribution in [0.1, 0.15) is 47.5 Å². The summed E-state index contributed by atoms with van der Waals surface area (Å²) >= 11 is 0. The van der Waals surface area contributed by atoms with Crippen molar-refractivity contribution in [2.75, 3.05) is 42.2 Å². The number of amides is 1. The van der Waals surface area contributed by atoms with Crippen LogP contribution < -0.4 is 20.7 Å². The van der Waals surface area contributed by atoms with Gasteiger partial charge in [0.1, 0.15) is 5.82 Å². The van der Waals surface area contributed by atoms with Crippen LogP contribution in [0.3, 0.4) is 0 Å². The maximum atomic E-state index is 12.8. The van der Waals surface area contributed by atoms with E-state index in [9.17, 15) is 13.2 Å². The van der Waals surface area contributed by atoms with E-state index in [2.05, 4.69) is 27.8 Å². The van der Waals surface area contributed by atoms with Gasteiger partial charge in [0.05, 0.1) is 17.5 Å². The lowest BCUT2D eigenvalue weighted by Gasteiger charge is -2.35. The molecule has 2 aliphatic rings. The van der Waals surface area contributed by atoms with E-state index in [0.29, 0.717) is 37.7 Å². The van der Waals surface area contributed by atoms with Gasteiger partial charge in [0.15, 0.2) is 0 Å². The summed E-state index contributed by atoms with van der Waals surface area (Å²) in [4.78, 5) is 16.4. The molecule has 0 spiro atoms. The first-order valence-electron chi connectivity index (χ1n) is 11.3. The van der Waals surface area contributed by atoms with E-state index in [1.807, 2.05) is 12.1 Å². The van der Waals surface area contributed by atoms with E-state index < -0.39 is 15.9 Å². The Morgan fingerprint density at radius 2 is 1.82 bits per heavy atom. The zero-order chi connectivity index (χ0) is 23.4. The van der Waals surface area contributed by atoms with Crippen LogP contribution in [-0.2, 0) is 14.8 Å². The molecule has 0 aliphatic carbocycles. The fourth-order valence-electron chi connectivity index (χ4n) is 4.59. The molecule has 1 aromatic carbocycles. The van der Waals surface area contributed by atoms with Crippen LogP contribution in [0, 0.1) is 0 Å². The first-order valence-corrected chi connectivity index (χ1v) is 13.1. The van der Waals surface area contributed by atoms with Crippen molar-refractivity contribution < 1.29 is 17.9 Å². The van der Waals surface area contributed by atoms with Crippen molar-refractivity contribution in [2.24, 2.45) is 5.73 Å². The molecule has 0 unspecified atom stereocenters. The number of hydrogen-bond donors (Lipinski definition) is 3. The van der Waals surface area contributed by atoms with Gasteiger partial charge >= 0.3 is 0 Å². The quantitative estimate of drug-likeness (QED) is 0.563. The highest BCUT2D eigenvalue weighted by Crippen LogP contribution is 2.32. The highest BCUT2D eigenvalue weighted by Gasteiger charge is 2.31. The molecule has 2 saturated heterocycles. The fourth-order valence-corrected chi connectivity index (χ4v) is 5.85. The lowest BCUT2D eigenvalue weighted by molar-refractivity contribution is 0.0853. The summed E-state index contributed by atoms with van der Waals surface area (Å²) < 4.78 is 32.3. The first-order chi connectivity index (χ1) is 15.8. The van der Waals surface area contributed by atoms with E-state index >= 15 is 0 Å². The van der Waals surface area contributed by atoms with Crippen LogP contribution in [0.5, 0.6) is 0 Å². The number of nitrogens with zero attached hydrogens (tertiary/aromatic N) is 2. The summed E-state index contributed by atoms with van der Waals surface area (Å²) in [6.45, 7) is 2.99. The number of piperidine rings is 1. The van der Waals surface area contributed by atoms with Crippen molar-refractivity contribution in [3.05, 3.63) is 47.7 Å². The largest absolute Gasteiger partial charge is 0.381 e. The third kappa shape index (κ3) is 5.63. The predicted molar refractivity (Wildman–Crippen MR) is 128 cm³/mol. The second-order valence-corrected chi connectivity index (χ2v) is 10.5. The number of pyridine rings is 1. The molecule has 2 aromatic rings. The summed E-state index contributed by atoms with van der Waals surface area (Å²) in [5, 5.41) is 6.47. The molecule has 2 aliphatic heterocycles. The number of nitrogens with two attached hydrogens (primary N) is 1. The lowest BCUT2D eigenvalue weighted by Crippen LogP contribution is -2.46. The van der Waals surface area contributed by atoms with Gasteiger partial charge in [0.25, 0.3) is 5.91 Å². The van der Waals surface area contributed by atoms with E-state index in [4.69, 9.17) is 10.5 Å². The van der Waals surface area contributed by atoms with Gasteiger partial charge in [-0.2, -0.15) is 0 Å². The molecular formula is C23H31N5O4S. The Morgan fingerprint density at radius 3 is 2.42 bits per heavy atom. The molecule has 10 heteroatoms. The number of carbonyl (C=O) groups excluding carboxylic acids is 1. The molecule has 2 fully saturated rings. The highest BCUT2D eigenvalue weighted by atomic mass is 32.2. The second kappa shape index (κ2) is 10.1. The maximum Gasteiger partial charge on any atom is 0.252 e. The number of rotatable bonds is 7. The van der Waals surface area contributed by atoms with Gasteiger partial charge in [-0.3, -0.25) is 9.10 Å². The molecule has 1 amide bonds. The minimum absolute atomic E-state index is 0.0828. The van der Waals surface area contributed by atoms with E-state index in [-0.39, 0.29) is 17.3 Å². The fraction of sp³-hybridized carbons (Fsp3) is 0.478. The molecule has 4 rings (SSSR count). The summed E-state index contributed by atoms with van der Waals surface area (Å²) in [6.07, 6.45) is 5.82. The summed E-state index contributed by atoms with van der Waals surface area (Å²) in [5.74, 6) is 0.226. The maximum absolute atomic E-state index is 12.8. The molecule has 9 nitrogen and oxygen atoms in total. The zero-order valence-electron chi connectivity index (χ0n) is 18.8. The Hall–Kier alpha value is -2.69. The van der Waals surface area contributed by atoms with Gasteiger partial charge in [-0.1, -0.05) is 12.1 Å². The third-order valence-electron chi connectivity index (χ3n) is 6.26. The standard InChI is InChI=1S/C23H31N5O4S/c1-33(30,31)28(19-6-10-25-11-7-19)21-14-22(26-15-20(21)23(24)29)27-18-4-2-16(3-5-18)17-8-12-32-13-9-17/h2-5,14-15,17,19,25H,6-13H2,1H3,(H2,24,29)(H,26,27). The van der Waals surface area contributed by atoms with Crippen LogP contribution in [-0.4, -0.2) is 57.9 Å². The van der Waals surface area contributed by atoms with Crippen LogP contribution in [0.4, 0.5) is 17.2 Å². The Balaban J connectivity index is 1.62. The monoisotopic (exact) mass is 473 g/mol. The summed E-state index contributed by atoms with van der Waals surface area (Å²) in [7, 11) is -3.65. The number of nitrogens with one attached hydrogen (secondary N) is 2. The summed E-state index contributed by atoms with van der Waals surface area (Å²) in [6, 6.07) is 9.48. The van der Waals surface area contributed by atoms with Crippen molar-refractivity contribution in [2.45, 2.75) is 37.6 Å². The van der Waals surface area contributed by atoms with Gasteiger partial charge in [-0.05, 0) is 62.4 Å². The Kier molecular flexibility index (Phi) is 7.16. The highest BCUT2D eigenvalue weighted by molar-refractivity contribution is 7.92. The minimum Gasteiger partial charge on any atom is -0.381 e. The van der Waals surface area contributed by atoms with E-state index in [1.54, 1.807) is 6.07 Å². The van der Waals surface area contributed by atoms with Gasteiger partial charge in [-0.25, -0.2) is 13.4 Å². The van der Waals surface area contributed by atoms with Crippen LogP contribution in [0.15, 0.2) is 36.5 Å². The second-order valence-electron chi connectivity index (χ2n) is 8.62. The molecule has 0 atom stereocenters. The van der Waals surface area contributed by atoms with Crippen molar-refractivity contribution >= 4 is 33.1 Å². The smallest absolute Gasteiger partial charge is 0.252 e. The predicted octanol–water partition coefficient (Wildman–Crippen LogP) is 2.34. The third-order valence-corrected chi connectivity index (χ3v) is 7.47. The number of primary amides is 1. The van der Waals surface area contributed by atoms with Gasteiger partial charge in [0.2, 0.25) is 10.0 Å². The molecule has 0 saturated carbocycles.